The normalized spacial score (nSPS) is 12.0. The van der Waals surface area contributed by atoms with Crippen LogP contribution < -0.4 is 0 Å². The lowest BCUT2D eigenvalue weighted by Gasteiger charge is -2.07. The lowest BCUT2D eigenvalue weighted by atomic mass is 9.99. The average molecular weight is 426 g/mol. The van der Waals surface area contributed by atoms with Crippen LogP contribution in [0.25, 0.3) is 34.3 Å². The van der Waals surface area contributed by atoms with Gasteiger partial charge in [0.25, 0.3) is 0 Å². The summed E-state index contributed by atoms with van der Waals surface area (Å²) in [6.45, 7) is 0. The molecule has 0 aliphatic carbocycles. The molecule has 0 amide bonds. The molecule has 0 aliphatic rings. The van der Waals surface area contributed by atoms with Crippen LogP contribution in [0.3, 0.4) is 0 Å². The maximum Gasteiger partial charge on any atom is 0.416 e. The Balaban J connectivity index is 1.67. The van der Waals surface area contributed by atoms with Gasteiger partial charge in [0.05, 0.1) is 22.2 Å². The number of rotatable bonds is 4. The summed E-state index contributed by atoms with van der Waals surface area (Å²) >= 11 is 0. The van der Waals surface area contributed by atoms with Crippen LogP contribution in [0.15, 0.2) is 60.7 Å². The number of fused-ring (bicyclic) bond motifs is 1. The molecule has 4 rings (SSSR count). The van der Waals surface area contributed by atoms with Crippen molar-refractivity contribution in [3.8, 4) is 11.1 Å². The zero-order chi connectivity index (χ0) is 22.2. The Kier molecular flexibility index (Phi) is 5.06. The van der Waals surface area contributed by atoms with E-state index < -0.39 is 23.5 Å². The highest BCUT2D eigenvalue weighted by atomic mass is 19.4. The summed E-state index contributed by atoms with van der Waals surface area (Å²) in [6.07, 6.45) is -1.87. The molecule has 0 saturated carbocycles. The number of nitrogens with zero attached hydrogens (tertiary/aromatic N) is 1. The Hall–Kier alpha value is -3.94. The van der Waals surface area contributed by atoms with Crippen LogP contribution in [-0.4, -0.2) is 21.0 Å². The van der Waals surface area contributed by atoms with Gasteiger partial charge in [-0.3, -0.25) is 0 Å². The van der Waals surface area contributed by atoms with Crippen molar-refractivity contribution in [2.24, 2.45) is 0 Å². The molecule has 0 fully saturated rings. The Bertz CT molecular complexity index is 1320. The van der Waals surface area contributed by atoms with Crippen LogP contribution in [0.1, 0.15) is 27.3 Å². The minimum atomic E-state index is -4.65. The number of aromatic carboxylic acids is 1. The summed E-state index contributed by atoms with van der Waals surface area (Å²) in [7, 11) is 0. The monoisotopic (exact) mass is 426 g/mol. The van der Waals surface area contributed by atoms with E-state index in [1.807, 2.05) is 0 Å². The second-order valence-electron chi connectivity index (χ2n) is 6.81. The first-order valence-electron chi connectivity index (χ1n) is 9.09. The highest BCUT2D eigenvalue weighted by Crippen LogP contribution is 2.31. The van der Waals surface area contributed by atoms with Crippen molar-refractivity contribution in [1.29, 1.82) is 0 Å². The summed E-state index contributed by atoms with van der Waals surface area (Å²) in [4.78, 5) is 18.8. The molecule has 8 heteroatoms. The van der Waals surface area contributed by atoms with E-state index in [1.54, 1.807) is 36.4 Å². The topological polar surface area (TPSA) is 66.0 Å². The van der Waals surface area contributed by atoms with Gasteiger partial charge in [-0.25, -0.2) is 14.2 Å². The first kappa shape index (κ1) is 20.3. The zero-order valence-corrected chi connectivity index (χ0v) is 15.7. The molecule has 0 spiro atoms. The SMILES string of the molecule is O=C(O)c1ccccc1-c1ccc2nc(/C=C/c3cc(F)cc(C(F)(F)F)c3)[nH]c2c1. The van der Waals surface area contributed by atoms with E-state index in [-0.39, 0.29) is 11.1 Å². The van der Waals surface area contributed by atoms with Crippen molar-refractivity contribution in [2.45, 2.75) is 6.18 Å². The third-order valence-corrected chi connectivity index (χ3v) is 4.65. The molecule has 0 radical (unpaired) electrons. The number of hydrogen-bond acceptors (Lipinski definition) is 2. The van der Waals surface area contributed by atoms with Gasteiger partial charge in [0.15, 0.2) is 0 Å². The second-order valence-corrected chi connectivity index (χ2v) is 6.81. The Morgan fingerprint density at radius 2 is 1.77 bits per heavy atom. The molecule has 0 aliphatic heterocycles. The Morgan fingerprint density at radius 3 is 2.52 bits per heavy atom. The van der Waals surface area contributed by atoms with Crippen molar-refractivity contribution < 1.29 is 27.5 Å². The molecule has 0 atom stereocenters. The van der Waals surface area contributed by atoms with Gasteiger partial charge in [-0.15, -0.1) is 0 Å². The molecule has 2 N–H and O–H groups in total. The number of carboxylic acids is 1. The predicted molar refractivity (Wildman–Crippen MR) is 109 cm³/mol. The second kappa shape index (κ2) is 7.71. The summed E-state index contributed by atoms with van der Waals surface area (Å²) in [5.74, 6) is -1.67. The Labute approximate surface area is 173 Å². The molecule has 4 aromatic rings. The maximum atomic E-state index is 13.5. The molecule has 31 heavy (non-hydrogen) atoms. The van der Waals surface area contributed by atoms with Crippen molar-refractivity contribution in [2.75, 3.05) is 0 Å². The van der Waals surface area contributed by atoms with Gasteiger partial charge >= 0.3 is 12.1 Å². The predicted octanol–water partition coefficient (Wildman–Crippen LogP) is 6.26. The molecule has 0 unspecified atom stereocenters. The van der Waals surface area contributed by atoms with Crippen molar-refractivity contribution in [3.63, 3.8) is 0 Å². The number of aromatic nitrogens is 2. The number of imidazole rings is 1. The van der Waals surface area contributed by atoms with Crippen molar-refractivity contribution >= 4 is 29.2 Å². The minimum Gasteiger partial charge on any atom is -0.478 e. The Morgan fingerprint density at radius 1 is 1.00 bits per heavy atom. The number of aromatic amines is 1. The standard InChI is InChI=1S/C23H14F4N2O2/c24-16-10-13(9-15(12-16)23(25,26)27)5-8-21-28-19-7-6-14(11-20(19)29-21)17-3-1-2-4-18(17)22(30)31/h1-12H,(H,28,29)(H,30,31)/b8-5+. The number of benzene rings is 3. The molecule has 156 valence electrons. The third kappa shape index (κ3) is 4.32. The molecule has 3 aromatic carbocycles. The van der Waals surface area contributed by atoms with Crippen LogP contribution >= 0.6 is 0 Å². The largest absolute Gasteiger partial charge is 0.478 e. The van der Waals surface area contributed by atoms with Gasteiger partial charge in [-0.1, -0.05) is 30.3 Å². The lowest BCUT2D eigenvalue weighted by Crippen LogP contribution is -2.05. The fourth-order valence-corrected chi connectivity index (χ4v) is 3.24. The van der Waals surface area contributed by atoms with E-state index in [0.717, 1.165) is 12.1 Å². The number of hydrogen-bond donors (Lipinski definition) is 2. The van der Waals surface area contributed by atoms with E-state index in [0.29, 0.717) is 34.1 Å². The van der Waals surface area contributed by atoms with Crippen molar-refractivity contribution in [1.82, 2.24) is 9.97 Å². The summed E-state index contributed by atoms with van der Waals surface area (Å²) in [6, 6.07) is 14.1. The number of halogens is 4. The fraction of sp³-hybridized carbons (Fsp3) is 0.0435. The fourth-order valence-electron chi connectivity index (χ4n) is 3.24. The first-order valence-corrected chi connectivity index (χ1v) is 9.09. The quantitative estimate of drug-likeness (QED) is 0.379. The third-order valence-electron chi connectivity index (χ3n) is 4.65. The summed E-state index contributed by atoms with van der Waals surface area (Å²) < 4.78 is 52.1. The van der Waals surface area contributed by atoms with Crippen LogP contribution in [0.2, 0.25) is 0 Å². The van der Waals surface area contributed by atoms with Gasteiger partial charge in [0.1, 0.15) is 11.6 Å². The smallest absolute Gasteiger partial charge is 0.416 e. The van der Waals surface area contributed by atoms with Crippen LogP contribution in [0.5, 0.6) is 0 Å². The molecule has 1 aromatic heterocycles. The van der Waals surface area contributed by atoms with E-state index in [4.69, 9.17) is 0 Å². The number of H-pyrrole nitrogens is 1. The molecular weight excluding hydrogens is 412 g/mol. The molecule has 1 heterocycles. The van der Waals surface area contributed by atoms with Gasteiger partial charge in [-0.2, -0.15) is 13.2 Å². The maximum absolute atomic E-state index is 13.5. The summed E-state index contributed by atoms with van der Waals surface area (Å²) in [5.41, 5.74) is 1.56. The van der Waals surface area contributed by atoms with E-state index >= 15 is 0 Å². The number of nitrogens with one attached hydrogen (secondary N) is 1. The molecule has 0 saturated heterocycles. The molecule has 0 bridgehead atoms. The first-order chi connectivity index (χ1) is 14.7. The summed E-state index contributed by atoms with van der Waals surface area (Å²) in [5, 5.41) is 9.39. The number of carboxylic acid groups (broad SMARTS) is 1. The minimum absolute atomic E-state index is 0.0452. The van der Waals surface area contributed by atoms with Crippen LogP contribution in [0.4, 0.5) is 17.6 Å². The van der Waals surface area contributed by atoms with Gasteiger partial charge < -0.3 is 10.1 Å². The highest BCUT2D eigenvalue weighted by molar-refractivity contribution is 5.97. The molecular formula is C23H14F4N2O2. The van der Waals surface area contributed by atoms with Crippen LogP contribution in [-0.2, 0) is 6.18 Å². The average Bonchev–Trinajstić information content (AvgIpc) is 3.13. The number of alkyl halides is 3. The van der Waals surface area contributed by atoms with Gasteiger partial charge in [0.2, 0.25) is 0 Å². The molecule has 4 nitrogen and oxygen atoms in total. The van der Waals surface area contributed by atoms with E-state index in [1.165, 1.54) is 18.2 Å². The highest BCUT2D eigenvalue weighted by Gasteiger charge is 2.31. The van der Waals surface area contributed by atoms with Gasteiger partial charge in [0, 0.05) is 0 Å². The van der Waals surface area contributed by atoms with E-state index in [2.05, 4.69) is 9.97 Å². The lowest BCUT2D eigenvalue weighted by molar-refractivity contribution is -0.137. The zero-order valence-electron chi connectivity index (χ0n) is 15.7. The van der Waals surface area contributed by atoms with Crippen LogP contribution in [0, 0.1) is 5.82 Å². The van der Waals surface area contributed by atoms with Crippen molar-refractivity contribution in [3.05, 3.63) is 89.0 Å². The number of carbonyl (C=O) groups is 1. The van der Waals surface area contributed by atoms with Gasteiger partial charge in [-0.05, 0) is 59.2 Å². The van der Waals surface area contributed by atoms with E-state index in [9.17, 15) is 27.5 Å².